The molecule has 2 aliphatic rings. The number of rotatable bonds is 2. The molecule has 2 nitrogen and oxygen atoms in total. The predicted octanol–water partition coefficient (Wildman–Crippen LogP) is 1.86. The minimum atomic E-state index is 0.701. The molecular weight excluding hydrogens is 172 g/mol. The first-order valence-corrected chi connectivity index (χ1v) is 6.30. The summed E-state index contributed by atoms with van der Waals surface area (Å²) >= 11 is 0. The smallest absolute Gasteiger partial charge is 0.0167 e. The number of hydrogen-bond acceptors (Lipinski definition) is 2. The normalized spacial score (nSPS) is 31.9. The van der Waals surface area contributed by atoms with E-state index in [0.29, 0.717) is 6.04 Å². The molecule has 1 aliphatic carbocycles. The van der Waals surface area contributed by atoms with Crippen molar-refractivity contribution in [2.24, 2.45) is 5.92 Å². The Balaban J connectivity index is 1.72. The highest BCUT2D eigenvalue weighted by atomic mass is 15.2. The van der Waals surface area contributed by atoms with Crippen molar-refractivity contribution in [1.82, 2.24) is 10.2 Å². The van der Waals surface area contributed by atoms with Gasteiger partial charge in [-0.25, -0.2) is 0 Å². The Labute approximate surface area is 88.1 Å². The molecular formula is C12H24N2. The van der Waals surface area contributed by atoms with Crippen LogP contribution in [0.2, 0.25) is 0 Å². The maximum Gasteiger partial charge on any atom is 0.0167 e. The van der Waals surface area contributed by atoms with Crippen LogP contribution < -0.4 is 5.32 Å². The van der Waals surface area contributed by atoms with E-state index in [9.17, 15) is 0 Å². The summed E-state index contributed by atoms with van der Waals surface area (Å²) in [6.45, 7) is 7.38. The van der Waals surface area contributed by atoms with E-state index in [2.05, 4.69) is 17.1 Å². The second kappa shape index (κ2) is 5.13. The van der Waals surface area contributed by atoms with Crippen molar-refractivity contribution in [1.29, 1.82) is 0 Å². The Morgan fingerprint density at radius 2 is 2.00 bits per heavy atom. The van der Waals surface area contributed by atoms with Crippen LogP contribution in [0.1, 0.15) is 39.0 Å². The minimum Gasteiger partial charge on any atom is -0.312 e. The molecule has 1 N–H and O–H groups in total. The van der Waals surface area contributed by atoms with Crippen molar-refractivity contribution in [3.05, 3.63) is 0 Å². The predicted molar refractivity (Wildman–Crippen MR) is 60.5 cm³/mol. The molecule has 82 valence electrons. The molecule has 0 aromatic heterocycles. The number of hydrogen-bond donors (Lipinski definition) is 1. The van der Waals surface area contributed by atoms with Gasteiger partial charge in [-0.2, -0.15) is 0 Å². The van der Waals surface area contributed by atoms with Gasteiger partial charge in [-0.05, 0) is 25.7 Å². The van der Waals surface area contributed by atoms with Gasteiger partial charge in [-0.15, -0.1) is 0 Å². The Bertz CT molecular complexity index is 164. The second-order valence-electron chi connectivity index (χ2n) is 5.12. The largest absolute Gasteiger partial charge is 0.312 e. The molecule has 14 heavy (non-hydrogen) atoms. The lowest BCUT2D eigenvalue weighted by Gasteiger charge is -2.35. The van der Waals surface area contributed by atoms with Gasteiger partial charge >= 0.3 is 0 Å². The van der Waals surface area contributed by atoms with Gasteiger partial charge in [0.15, 0.2) is 0 Å². The fourth-order valence-corrected chi connectivity index (χ4v) is 2.91. The van der Waals surface area contributed by atoms with Crippen LogP contribution >= 0.6 is 0 Å². The lowest BCUT2D eigenvalue weighted by molar-refractivity contribution is 0.161. The van der Waals surface area contributed by atoms with Gasteiger partial charge in [0.05, 0.1) is 0 Å². The summed E-state index contributed by atoms with van der Waals surface area (Å²) in [5, 5.41) is 3.51. The average Bonchev–Trinajstić information content (AvgIpc) is 2.19. The third-order valence-electron chi connectivity index (χ3n) is 3.69. The van der Waals surface area contributed by atoms with Crippen molar-refractivity contribution >= 4 is 0 Å². The Morgan fingerprint density at radius 1 is 1.21 bits per heavy atom. The molecule has 2 rings (SSSR count). The number of piperazine rings is 1. The van der Waals surface area contributed by atoms with Crippen molar-refractivity contribution in [3.63, 3.8) is 0 Å². The maximum atomic E-state index is 3.51. The van der Waals surface area contributed by atoms with Gasteiger partial charge in [0.1, 0.15) is 0 Å². The maximum absolute atomic E-state index is 3.51. The van der Waals surface area contributed by atoms with Crippen molar-refractivity contribution in [3.8, 4) is 0 Å². The summed E-state index contributed by atoms with van der Waals surface area (Å²) in [6, 6.07) is 0.701. The first-order valence-electron chi connectivity index (χ1n) is 6.30. The van der Waals surface area contributed by atoms with E-state index >= 15 is 0 Å². The van der Waals surface area contributed by atoms with Crippen molar-refractivity contribution in [2.45, 2.75) is 45.1 Å². The monoisotopic (exact) mass is 196 g/mol. The molecule has 0 unspecified atom stereocenters. The number of nitrogens with one attached hydrogen (secondary N) is 1. The molecule has 1 heterocycles. The molecule has 1 atom stereocenters. The van der Waals surface area contributed by atoms with Gasteiger partial charge in [0, 0.05) is 32.2 Å². The zero-order chi connectivity index (χ0) is 9.80. The quantitative estimate of drug-likeness (QED) is 0.725. The first kappa shape index (κ1) is 10.4. The lowest BCUT2D eigenvalue weighted by atomic mass is 9.89. The van der Waals surface area contributed by atoms with Crippen LogP contribution in [0.4, 0.5) is 0 Å². The Kier molecular flexibility index (Phi) is 3.82. The summed E-state index contributed by atoms with van der Waals surface area (Å²) in [6.07, 6.45) is 7.41. The molecule has 1 saturated carbocycles. The molecule has 1 aliphatic heterocycles. The molecule has 2 fully saturated rings. The highest BCUT2D eigenvalue weighted by molar-refractivity contribution is 4.78. The van der Waals surface area contributed by atoms with Gasteiger partial charge in [-0.3, -0.25) is 0 Å². The average molecular weight is 196 g/mol. The first-order chi connectivity index (χ1) is 6.84. The molecule has 0 amide bonds. The third-order valence-corrected chi connectivity index (χ3v) is 3.69. The van der Waals surface area contributed by atoms with Crippen LogP contribution in [0, 0.1) is 5.92 Å². The standard InChI is InChI=1S/C12H24N2/c1-11-9-14(8-7-13-11)10-12-5-3-2-4-6-12/h11-13H,2-10H2,1H3/t11-/m1/s1. The van der Waals surface area contributed by atoms with E-state index in [0.717, 1.165) is 5.92 Å². The van der Waals surface area contributed by atoms with E-state index in [1.807, 2.05) is 0 Å². The Hall–Kier alpha value is -0.0800. The van der Waals surface area contributed by atoms with Crippen LogP contribution in [-0.2, 0) is 0 Å². The molecule has 1 saturated heterocycles. The van der Waals surface area contributed by atoms with Crippen molar-refractivity contribution in [2.75, 3.05) is 26.2 Å². The number of nitrogens with zero attached hydrogens (tertiary/aromatic N) is 1. The molecule has 0 spiro atoms. The molecule has 2 heteroatoms. The van der Waals surface area contributed by atoms with Gasteiger partial charge in [-0.1, -0.05) is 19.3 Å². The summed E-state index contributed by atoms with van der Waals surface area (Å²) in [4.78, 5) is 2.66. The summed E-state index contributed by atoms with van der Waals surface area (Å²) < 4.78 is 0. The highest BCUT2D eigenvalue weighted by Crippen LogP contribution is 2.24. The second-order valence-corrected chi connectivity index (χ2v) is 5.12. The minimum absolute atomic E-state index is 0.701. The third kappa shape index (κ3) is 2.96. The van der Waals surface area contributed by atoms with E-state index < -0.39 is 0 Å². The summed E-state index contributed by atoms with van der Waals surface area (Å²) in [5.74, 6) is 1.01. The Morgan fingerprint density at radius 3 is 2.71 bits per heavy atom. The summed E-state index contributed by atoms with van der Waals surface area (Å²) in [5.41, 5.74) is 0. The fraction of sp³-hybridized carbons (Fsp3) is 1.00. The van der Waals surface area contributed by atoms with E-state index in [4.69, 9.17) is 0 Å². The van der Waals surface area contributed by atoms with Crippen LogP contribution in [0.3, 0.4) is 0 Å². The van der Waals surface area contributed by atoms with Gasteiger partial charge in [0.25, 0.3) is 0 Å². The SMILES string of the molecule is C[C@@H]1CN(CC2CCCCC2)CCN1. The van der Waals surface area contributed by atoms with Crippen LogP contribution in [0.15, 0.2) is 0 Å². The molecule has 0 aromatic carbocycles. The van der Waals surface area contributed by atoms with Crippen LogP contribution in [-0.4, -0.2) is 37.1 Å². The molecule has 0 aromatic rings. The lowest BCUT2D eigenvalue weighted by Crippen LogP contribution is -2.50. The zero-order valence-electron chi connectivity index (χ0n) is 9.47. The van der Waals surface area contributed by atoms with E-state index in [1.165, 1.54) is 58.3 Å². The van der Waals surface area contributed by atoms with E-state index in [-0.39, 0.29) is 0 Å². The van der Waals surface area contributed by atoms with Crippen LogP contribution in [0.25, 0.3) is 0 Å². The van der Waals surface area contributed by atoms with Gasteiger partial charge in [0.2, 0.25) is 0 Å². The topological polar surface area (TPSA) is 15.3 Å². The van der Waals surface area contributed by atoms with Gasteiger partial charge < -0.3 is 10.2 Å². The van der Waals surface area contributed by atoms with Crippen molar-refractivity contribution < 1.29 is 0 Å². The zero-order valence-corrected chi connectivity index (χ0v) is 9.47. The fourth-order valence-electron chi connectivity index (χ4n) is 2.91. The van der Waals surface area contributed by atoms with E-state index in [1.54, 1.807) is 0 Å². The summed E-state index contributed by atoms with van der Waals surface area (Å²) in [7, 11) is 0. The molecule has 0 bridgehead atoms. The molecule has 0 radical (unpaired) electrons. The van der Waals surface area contributed by atoms with Crippen LogP contribution in [0.5, 0.6) is 0 Å². The highest BCUT2D eigenvalue weighted by Gasteiger charge is 2.20.